The van der Waals surface area contributed by atoms with E-state index >= 15 is 0 Å². The van der Waals surface area contributed by atoms with Gasteiger partial charge in [-0.05, 0) is 25.7 Å². The van der Waals surface area contributed by atoms with E-state index in [2.05, 4.69) is 10.3 Å². The molecule has 31 heavy (non-hydrogen) atoms. The lowest BCUT2D eigenvalue weighted by Gasteiger charge is -2.26. The molecule has 1 spiro atoms. The van der Waals surface area contributed by atoms with Gasteiger partial charge >= 0.3 is 11.7 Å². The van der Waals surface area contributed by atoms with Gasteiger partial charge in [0, 0.05) is 13.1 Å². The summed E-state index contributed by atoms with van der Waals surface area (Å²) in [7, 11) is 0. The smallest absolute Gasteiger partial charge is 0.330 e. The largest absolute Gasteiger partial charge is 0.383 e. The zero-order valence-electron chi connectivity index (χ0n) is 18.0. The van der Waals surface area contributed by atoms with E-state index in [1.165, 1.54) is 4.57 Å². The average molecular weight is 434 g/mol. The number of nitrogens with one attached hydrogen (secondary N) is 2. The number of aromatic nitrogens is 2. The molecule has 1 aliphatic heterocycles. The van der Waals surface area contributed by atoms with Gasteiger partial charge in [-0.3, -0.25) is 28.8 Å². The van der Waals surface area contributed by atoms with Crippen molar-refractivity contribution < 1.29 is 14.4 Å². The molecule has 2 aliphatic rings. The molecule has 4 amide bonds. The first-order valence-electron chi connectivity index (χ1n) is 10.8. The third-order valence-corrected chi connectivity index (χ3v) is 5.96. The summed E-state index contributed by atoms with van der Waals surface area (Å²) in [6.45, 7) is 3.72. The van der Waals surface area contributed by atoms with Crippen LogP contribution in [0.4, 0.5) is 16.3 Å². The van der Waals surface area contributed by atoms with Crippen molar-refractivity contribution in [3.05, 3.63) is 20.8 Å². The molecule has 11 heteroatoms. The third kappa shape index (κ3) is 4.08. The van der Waals surface area contributed by atoms with Crippen LogP contribution in [0.25, 0.3) is 0 Å². The molecule has 170 valence electrons. The van der Waals surface area contributed by atoms with E-state index in [-0.39, 0.29) is 18.1 Å². The second kappa shape index (κ2) is 8.94. The lowest BCUT2D eigenvalue weighted by molar-refractivity contribution is -0.134. The van der Waals surface area contributed by atoms with E-state index in [0.717, 1.165) is 29.1 Å². The second-order valence-electron chi connectivity index (χ2n) is 8.15. The Bertz CT molecular complexity index is 991. The molecule has 1 aliphatic carbocycles. The van der Waals surface area contributed by atoms with Crippen LogP contribution >= 0.6 is 0 Å². The Morgan fingerprint density at radius 1 is 1.13 bits per heavy atom. The van der Waals surface area contributed by atoms with Crippen LogP contribution in [0.1, 0.15) is 58.8 Å². The van der Waals surface area contributed by atoms with Gasteiger partial charge in [0.1, 0.15) is 17.9 Å². The van der Waals surface area contributed by atoms with Gasteiger partial charge in [0.15, 0.2) is 5.69 Å². The van der Waals surface area contributed by atoms with Crippen molar-refractivity contribution in [3.8, 4) is 0 Å². The summed E-state index contributed by atoms with van der Waals surface area (Å²) in [5, 5.41) is 2.74. The van der Waals surface area contributed by atoms with E-state index in [0.29, 0.717) is 32.2 Å². The minimum atomic E-state index is -0.920. The molecular weight excluding hydrogens is 404 g/mol. The SMILES string of the molecule is CCCCn1c(N)c(N(CCC)C(=O)CN2C(=O)NC3(CCCC3)C2=O)c(=O)[nH]c1=O. The van der Waals surface area contributed by atoms with Crippen molar-refractivity contribution in [2.45, 2.75) is 70.9 Å². The summed E-state index contributed by atoms with van der Waals surface area (Å²) in [4.78, 5) is 67.5. The predicted molar refractivity (Wildman–Crippen MR) is 115 cm³/mol. The number of carbonyl (C=O) groups is 3. The van der Waals surface area contributed by atoms with Crippen LogP contribution < -0.4 is 27.2 Å². The number of amides is 4. The topological polar surface area (TPSA) is 151 Å². The number of aromatic amines is 1. The number of anilines is 2. The zero-order valence-corrected chi connectivity index (χ0v) is 18.0. The molecule has 2 fully saturated rings. The van der Waals surface area contributed by atoms with Gasteiger partial charge in [0.05, 0.1) is 0 Å². The van der Waals surface area contributed by atoms with E-state index in [1.807, 2.05) is 13.8 Å². The Morgan fingerprint density at radius 2 is 1.81 bits per heavy atom. The van der Waals surface area contributed by atoms with Gasteiger partial charge in [-0.2, -0.15) is 0 Å². The van der Waals surface area contributed by atoms with Crippen LogP contribution in [0.3, 0.4) is 0 Å². The number of unbranched alkanes of at least 4 members (excludes halogenated alkanes) is 1. The highest BCUT2D eigenvalue weighted by atomic mass is 16.2. The number of nitrogens with zero attached hydrogens (tertiary/aromatic N) is 3. The Kier molecular flexibility index (Phi) is 6.51. The summed E-state index contributed by atoms with van der Waals surface area (Å²) in [5.74, 6) is -1.12. The molecule has 0 unspecified atom stereocenters. The summed E-state index contributed by atoms with van der Waals surface area (Å²) in [6, 6.07) is -0.605. The standard InChI is InChI=1S/C20H30N6O5/c1-3-5-11-25-15(21)14(16(28)22-18(25)30)24(10-4-2)13(27)12-26-17(29)20(23-19(26)31)8-6-7-9-20/h3-12,21H2,1-2H3,(H,23,31)(H,22,28,30). The molecule has 11 nitrogen and oxygen atoms in total. The number of hydrogen-bond donors (Lipinski definition) is 3. The average Bonchev–Trinajstić information content (AvgIpc) is 3.27. The molecule has 1 aromatic rings. The second-order valence-corrected chi connectivity index (χ2v) is 8.15. The van der Waals surface area contributed by atoms with Crippen LogP contribution in [0.15, 0.2) is 9.59 Å². The number of carbonyl (C=O) groups excluding carboxylic acids is 3. The van der Waals surface area contributed by atoms with Gasteiger partial charge in [0.25, 0.3) is 11.5 Å². The number of H-pyrrole nitrogens is 1. The number of hydrogen-bond acceptors (Lipinski definition) is 6. The monoisotopic (exact) mass is 434 g/mol. The highest BCUT2D eigenvalue weighted by Crippen LogP contribution is 2.35. The van der Waals surface area contributed by atoms with Crippen LogP contribution in [-0.2, 0) is 16.1 Å². The van der Waals surface area contributed by atoms with Crippen LogP contribution in [0.2, 0.25) is 0 Å². The molecule has 0 atom stereocenters. The van der Waals surface area contributed by atoms with Crippen molar-refractivity contribution in [1.29, 1.82) is 0 Å². The zero-order chi connectivity index (χ0) is 22.8. The molecular formula is C20H30N6O5. The van der Waals surface area contributed by atoms with Crippen molar-refractivity contribution in [2.24, 2.45) is 0 Å². The lowest BCUT2D eigenvalue weighted by atomic mass is 9.98. The van der Waals surface area contributed by atoms with Crippen molar-refractivity contribution in [2.75, 3.05) is 23.7 Å². The number of imide groups is 1. The normalized spacial score (nSPS) is 17.4. The maximum Gasteiger partial charge on any atom is 0.330 e. The molecule has 1 saturated heterocycles. The Morgan fingerprint density at radius 3 is 2.42 bits per heavy atom. The van der Waals surface area contributed by atoms with E-state index in [9.17, 15) is 24.0 Å². The molecule has 1 aromatic heterocycles. The van der Waals surface area contributed by atoms with Crippen molar-refractivity contribution in [1.82, 2.24) is 19.8 Å². The van der Waals surface area contributed by atoms with E-state index in [4.69, 9.17) is 5.73 Å². The first-order chi connectivity index (χ1) is 14.8. The predicted octanol–water partition coefficient (Wildman–Crippen LogP) is 0.527. The molecule has 4 N–H and O–H groups in total. The van der Waals surface area contributed by atoms with Crippen LogP contribution in [0, 0.1) is 0 Å². The van der Waals surface area contributed by atoms with Gasteiger partial charge in [-0.1, -0.05) is 33.1 Å². The maximum atomic E-state index is 13.2. The maximum absolute atomic E-state index is 13.2. The fraction of sp³-hybridized carbons (Fsp3) is 0.650. The van der Waals surface area contributed by atoms with Gasteiger partial charge in [0.2, 0.25) is 5.91 Å². The number of nitrogen functional groups attached to an aromatic ring is 1. The van der Waals surface area contributed by atoms with Crippen LogP contribution in [0.5, 0.6) is 0 Å². The molecule has 0 aromatic carbocycles. The fourth-order valence-electron chi connectivity index (χ4n) is 4.32. The van der Waals surface area contributed by atoms with Gasteiger partial charge in [-0.15, -0.1) is 0 Å². The minimum absolute atomic E-state index is 0.103. The van der Waals surface area contributed by atoms with Gasteiger partial charge < -0.3 is 16.0 Å². The quantitative estimate of drug-likeness (QED) is 0.508. The Balaban J connectivity index is 1.91. The highest BCUT2D eigenvalue weighted by molar-refractivity contribution is 6.10. The van der Waals surface area contributed by atoms with Crippen molar-refractivity contribution in [3.63, 3.8) is 0 Å². The number of rotatable bonds is 8. The number of nitrogens with two attached hydrogens (primary N) is 1. The van der Waals surface area contributed by atoms with Crippen LogP contribution in [-0.4, -0.2) is 50.9 Å². The number of urea groups is 1. The summed E-state index contributed by atoms with van der Waals surface area (Å²) in [5.41, 5.74) is 3.67. The Hall–Kier alpha value is -3.11. The summed E-state index contributed by atoms with van der Waals surface area (Å²) in [6.07, 6.45) is 4.75. The first-order valence-corrected chi connectivity index (χ1v) is 10.8. The highest BCUT2D eigenvalue weighted by Gasteiger charge is 2.53. The third-order valence-electron chi connectivity index (χ3n) is 5.96. The summed E-state index contributed by atoms with van der Waals surface area (Å²) < 4.78 is 1.23. The molecule has 1 saturated carbocycles. The summed E-state index contributed by atoms with van der Waals surface area (Å²) >= 11 is 0. The first kappa shape index (κ1) is 22.6. The van der Waals surface area contributed by atoms with Gasteiger partial charge in [-0.25, -0.2) is 9.59 Å². The molecule has 2 heterocycles. The molecule has 0 radical (unpaired) electrons. The lowest BCUT2D eigenvalue weighted by Crippen LogP contribution is -2.48. The Labute approximate surface area is 179 Å². The van der Waals surface area contributed by atoms with Crippen molar-refractivity contribution >= 4 is 29.4 Å². The molecule has 0 bridgehead atoms. The molecule has 3 rings (SSSR count). The fourth-order valence-corrected chi connectivity index (χ4v) is 4.32. The van der Waals surface area contributed by atoms with E-state index < -0.39 is 41.2 Å². The van der Waals surface area contributed by atoms with E-state index in [1.54, 1.807) is 0 Å². The minimum Gasteiger partial charge on any atom is -0.383 e.